The summed E-state index contributed by atoms with van der Waals surface area (Å²) in [5.74, 6) is 0.912. The van der Waals surface area contributed by atoms with E-state index in [0.717, 1.165) is 35.4 Å². The van der Waals surface area contributed by atoms with Crippen LogP contribution in [0.3, 0.4) is 0 Å². The third-order valence-corrected chi connectivity index (χ3v) is 7.48. The van der Waals surface area contributed by atoms with E-state index in [1.807, 2.05) is 49.8 Å². The van der Waals surface area contributed by atoms with Crippen molar-refractivity contribution in [1.82, 2.24) is 24.8 Å². The Bertz CT molecular complexity index is 1500. The number of hydrazone groups is 1. The normalized spacial score (nSPS) is 14.5. The van der Waals surface area contributed by atoms with Crippen LogP contribution in [0, 0.1) is 17.2 Å². The fourth-order valence-corrected chi connectivity index (χ4v) is 5.05. The van der Waals surface area contributed by atoms with Crippen LogP contribution in [-0.4, -0.2) is 64.8 Å². The van der Waals surface area contributed by atoms with Crippen LogP contribution in [0.5, 0.6) is 0 Å². The topological polar surface area (TPSA) is 122 Å². The minimum Gasteiger partial charge on any atom is -0.391 e. The van der Waals surface area contributed by atoms with Gasteiger partial charge in [0, 0.05) is 66.0 Å². The largest absolute Gasteiger partial charge is 0.391 e. The van der Waals surface area contributed by atoms with Crippen molar-refractivity contribution in [1.29, 1.82) is 5.26 Å². The molecule has 0 spiro atoms. The average Bonchev–Trinajstić information content (AvgIpc) is 3.56. The minimum absolute atomic E-state index is 0.165. The van der Waals surface area contributed by atoms with Gasteiger partial charge in [0.25, 0.3) is 0 Å². The lowest BCUT2D eigenvalue weighted by Crippen LogP contribution is -2.42. The van der Waals surface area contributed by atoms with Crippen LogP contribution in [0.25, 0.3) is 11.3 Å². The van der Waals surface area contributed by atoms with E-state index in [-0.39, 0.29) is 11.9 Å². The number of aromatic nitrogens is 2. The molecule has 2 amide bonds. The molecule has 2 N–H and O–H groups in total. The van der Waals surface area contributed by atoms with E-state index in [4.69, 9.17) is 10.3 Å². The number of urea groups is 1. The van der Waals surface area contributed by atoms with E-state index in [2.05, 4.69) is 53.9 Å². The molecule has 0 atom stereocenters. The highest BCUT2D eigenvalue weighted by Crippen LogP contribution is 2.25. The first-order valence-corrected chi connectivity index (χ1v) is 15.0. The van der Waals surface area contributed by atoms with Crippen molar-refractivity contribution in [3.63, 3.8) is 0 Å². The maximum Gasteiger partial charge on any atom is 0.321 e. The maximum atomic E-state index is 12.9. The molecule has 216 valence electrons. The number of carbonyl (C=O) groups excluding carboxylic acids is 1. The average molecular weight is 647 g/mol. The van der Waals surface area contributed by atoms with Gasteiger partial charge in [0.2, 0.25) is 0 Å². The zero-order chi connectivity index (χ0) is 29.9. The number of rotatable bonds is 9. The molecule has 0 unspecified atom stereocenters. The molecule has 42 heavy (non-hydrogen) atoms. The Morgan fingerprint density at radius 2 is 2.05 bits per heavy atom. The van der Waals surface area contributed by atoms with Crippen LogP contribution in [0.2, 0.25) is 0 Å². The van der Waals surface area contributed by atoms with E-state index in [1.165, 1.54) is 11.5 Å². The number of nitriles is 1. The van der Waals surface area contributed by atoms with E-state index < -0.39 is 0 Å². The first-order chi connectivity index (χ1) is 20.4. The highest BCUT2D eigenvalue weighted by Gasteiger charge is 2.25. The molecule has 0 aliphatic carbocycles. The summed E-state index contributed by atoms with van der Waals surface area (Å²) in [7, 11) is 3.75. The molecule has 0 saturated carbocycles. The van der Waals surface area contributed by atoms with E-state index in [1.54, 1.807) is 40.4 Å². The third kappa shape index (κ3) is 8.58. The monoisotopic (exact) mass is 645 g/mol. The van der Waals surface area contributed by atoms with Crippen LogP contribution in [-0.2, 0) is 6.54 Å². The quantitative estimate of drug-likeness (QED) is 0.171. The number of nitrogens with one attached hydrogen (secondary N) is 2. The second-order valence-corrected chi connectivity index (χ2v) is 11.2. The van der Waals surface area contributed by atoms with Gasteiger partial charge in [-0.25, -0.2) is 4.79 Å². The van der Waals surface area contributed by atoms with Gasteiger partial charge in [0.15, 0.2) is 0 Å². The number of nitrogens with zero attached hydrogens (tertiary/aromatic N) is 7. The number of hydrogen-bond acceptors (Lipinski definition) is 8. The third-order valence-electron chi connectivity index (χ3n) is 6.77. The second kappa shape index (κ2) is 15.0. The first kappa shape index (κ1) is 30.6. The van der Waals surface area contributed by atoms with Crippen LogP contribution in [0.15, 0.2) is 86.8 Å². The molecule has 0 radical (unpaired) electrons. The molecule has 4 rings (SSSR count). The number of allylic oxidation sites excluding steroid dienone is 2. The minimum atomic E-state index is -0.165. The summed E-state index contributed by atoms with van der Waals surface area (Å²) >= 11 is 4.65. The molecule has 10 nitrogen and oxygen atoms in total. The lowest BCUT2D eigenvalue weighted by Gasteiger charge is -2.33. The predicted octanol–water partition coefficient (Wildman–Crippen LogP) is 5.85. The van der Waals surface area contributed by atoms with Crippen molar-refractivity contribution < 1.29 is 4.79 Å². The maximum absolute atomic E-state index is 12.9. The molecular formula is C30H32BrN9OS. The Balaban J connectivity index is 1.45. The van der Waals surface area contributed by atoms with Gasteiger partial charge < -0.3 is 15.5 Å². The number of piperidine rings is 1. The molecule has 1 aliphatic rings. The lowest BCUT2D eigenvalue weighted by atomic mass is 9.93. The molecule has 1 fully saturated rings. The van der Waals surface area contributed by atoms with Gasteiger partial charge in [-0.2, -0.15) is 10.4 Å². The molecule has 3 aromatic rings. The molecule has 1 aromatic heterocycles. The second-order valence-electron chi connectivity index (χ2n) is 9.61. The van der Waals surface area contributed by atoms with Crippen molar-refractivity contribution >= 4 is 51.2 Å². The molecule has 0 bridgehead atoms. The van der Waals surface area contributed by atoms with Crippen LogP contribution in [0.1, 0.15) is 24.0 Å². The molecule has 2 heterocycles. The highest BCUT2D eigenvalue weighted by molar-refractivity contribution is 9.12. The number of amides is 2. The number of likely N-dealkylation sites (tertiary alicyclic amines) is 1. The standard InChI is InChI=1S/C30H32BrN9OS/c1-21(31)18-35-39(3)29(34-19-22-7-9-24(10-8-22)28-20-42-38-37-28)16-27(33-2)25-11-13-40(14-12-25)30(41)36-26-6-4-5-23(15-26)17-32/h4-10,15-16,18,20,25,33H,1,11-14,19H2,2-3H3,(H,36,41)/b27-16?,34-29?,35-18-. The predicted molar refractivity (Wildman–Crippen MR) is 172 cm³/mol. The number of aliphatic imine (C=N–C) groups is 1. The number of anilines is 1. The Morgan fingerprint density at radius 1 is 1.29 bits per heavy atom. The van der Waals surface area contributed by atoms with Gasteiger partial charge in [0.05, 0.1) is 24.4 Å². The first-order valence-electron chi connectivity index (χ1n) is 13.3. The zero-order valence-corrected chi connectivity index (χ0v) is 25.9. The summed E-state index contributed by atoms with van der Waals surface area (Å²) < 4.78 is 4.59. The highest BCUT2D eigenvalue weighted by atomic mass is 79.9. The summed E-state index contributed by atoms with van der Waals surface area (Å²) in [5, 5.41) is 27.6. The lowest BCUT2D eigenvalue weighted by molar-refractivity contribution is 0.188. The van der Waals surface area contributed by atoms with Gasteiger partial charge >= 0.3 is 6.03 Å². The Hall–Kier alpha value is -4.34. The van der Waals surface area contributed by atoms with Gasteiger partial charge in [-0.1, -0.05) is 41.4 Å². The SMILES string of the molecule is C=C(Br)/C=N\N(C)C(C=C(NC)C1CCN(C(=O)Nc2cccc(C#N)c2)CC1)=NCc1ccc(-c2csnn2)cc1. The van der Waals surface area contributed by atoms with Crippen LogP contribution >= 0.6 is 27.5 Å². The van der Waals surface area contributed by atoms with Gasteiger partial charge in [-0.05, 0) is 64.1 Å². The number of hydrogen-bond donors (Lipinski definition) is 2. The van der Waals surface area contributed by atoms with Crippen molar-refractivity contribution in [2.45, 2.75) is 19.4 Å². The van der Waals surface area contributed by atoms with Crippen LogP contribution < -0.4 is 10.6 Å². The summed E-state index contributed by atoms with van der Waals surface area (Å²) in [6.45, 7) is 5.52. The van der Waals surface area contributed by atoms with Crippen molar-refractivity contribution in [2.24, 2.45) is 16.0 Å². The summed E-state index contributed by atoms with van der Waals surface area (Å²) in [4.78, 5) is 19.6. The summed E-state index contributed by atoms with van der Waals surface area (Å²) in [6.07, 6.45) is 5.24. The van der Waals surface area contributed by atoms with Crippen molar-refractivity contribution in [2.75, 3.05) is 32.5 Å². The smallest absolute Gasteiger partial charge is 0.321 e. The fourth-order valence-electron chi connectivity index (χ4n) is 4.49. The number of amidine groups is 1. The number of likely N-dealkylation sites (N-methyl/N-ethyl adjacent to an activating group) is 1. The molecule has 1 aliphatic heterocycles. The number of halogens is 1. The Labute approximate surface area is 258 Å². The fraction of sp³-hybridized carbons (Fsp3) is 0.267. The molecule has 12 heteroatoms. The molecule has 2 aromatic carbocycles. The summed E-state index contributed by atoms with van der Waals surface area (Å²) in [5.41, 5.74) is 5.08. The van der Waals surface area contributed by atoms with E-state index in [0.29, 0.717) is 41.2 Å². The van der Waals surface area contributed by atoms with Gasteiger partial charge in [-0.3, -0.25) is 10.0 Å². The Morgan fingerprint density at radius 3 is 2.69 bits per heavy atom. The summed E-state index contributed by atoms with van der Waals surface area (Å²) in [6, 6.07) is 17.0. The van der Waals surface area contributed by atoms with Crippen LogP contribution in [0.4, 0.5) is 10.5 Å². The van der Waals surface area contributed by atoms with Crippen molar-refractivity contribution in [3.8, 4) is 17.3 Å². The van der Waals surface area contributed by atoms with Gasteiger partial charge in [0.1, 0.15) is 11.5 Å². The number of carbonyl (C=O) groups is 1. The van der Waals surface area contributed by atoms with E-state index >= 15 is 0 Å². The Kier molecular flexibility index (Phi) is 11.0. The van der Waals surface area contributed by atoms with Gasteiger partial charge in [-0.15, -0.1) is 5.10 Å². The zero-order valence-electron chi connectivity index (χ0n) is 23.5. The molecule has 1 saturated heterocycles. The molecular weight excluding hydrogens is 614 g/mol. The van der Waals surface area contributed by atoms with Crippen molar-refractivity contribution in [3.05, 3.63) is 87.9 Å². The van der Waals surface area contributed by atoms with E-state index in [9.17, 15) is 4.79 Å². The number of benzene rings is 2.